The van der Waals surface area contributed by atoms with Crippen LogP contribution >= 0.6 is 0 Å². The number of methoxy groups -OCH3 is 1. The van der Waals surface area contributed by atoms with Gasteiger partial charge in [-0.3, -0.25) is 4.98 Å². The van der Waals surface area contributed by atoms with Gasteiger partial charge in [0.05, 0.1) is 31.0 Å². The first-order valence-corrected chi connectivity index (χ1v) is 7.89. The molecule has 0 unspecified atom stereocenters. The summed E-state index contributed by atoms with van der Waals surface area (Å²) in [6, 6.07) is 9.31. The highest BCUT2D eigenvalue weighted by Gasteiger charge is 2.00. The molecule has 0 aliphatic carbocycles. The van der Waals surface area contributed by atoms with Crippen LogP contribution in [0.3, 0.4) is 0 Å². The Morgan fingerprint density at radius 2 is 1.80 bits per heavy atom. The van der Waals surface area contributed by atoms with E-state index in [1.165, 1.54) is 0 Å². The summed E-state index contributed by atoms with van der Waals surface area (Å²) in [7, 11) is 1.63. The van der Waals surface area contributed by atoms with E-state index < -0.39 is 0 Å². The third-order valence-corrected chi connectivity index (χ3v) is 3.19. The lowest BCUT2D eigenvalue weighted by Gasteiger charge is -2.08. The second-order valence-electron chi connectivity index (χ2n) is 5.15. The molecule has 1 aromatic heterocycles. The summed E-state index contributed by atoms with van der Waals surface area (Å²) in [4.78, 5) is 3.89. The van der Waals surface area contributed by atoms with E-state index in [4.69, 9.17) is 24.6 Å². The highest BCUT2D eigenvalue weighted by Crippen LogP contribution is 2.18. The molecule has 6 heteroatoms. The predicted molar refractivity (Wildman–Crippen MR) is 94.8 cm³/mol. The van der Waals surface area contributed by atoms with Crippen LogP contribution in [0.15, 0.2) is 36.7 Å². The molecule has 134 valence electrons. The molecule has 1 N–H and O–H groups in total. The normalized spacial score (nSPS) is 9.56. The van der Waals surface area contributed by atoms with Crippen molar-refractivity contribution in [3.8, 4) is 17.6 Å². The minimum atomic E-state index is 0.0360. The van der Waals surface area contributed by atoms with Gasteiger partial charge in [0.2, 0.25) is 0 Å². The molecule has 0 saturated heterocycles. The number of aliphatic hydroxyl groups excluding tert-OH is 1. The van der Waals surface area contributed by atoms with Gasteiger partial charge in [0, 0.05) is 13.3 Å². The average Bonchev–Trinajstić information content (AvgIpc) is 2.63. The van der Waals surface area contributed by atoms with Crippen LogP contribution in [0, 0.1) is 25.2 Å². The van der Waals surface area contributed by atoms with Gasteiger partial charge in [0.15, 0.2) is 0 Å². The quantitative estimate of drug-likeness (QED) is 0.777. The number of nitriles is 1. The maximum atomic E-state index is 8.66. The second kappa shape index (κ2) is 11.8. The fourth-order valence-corrected chi connectivity index (χ4v) is 1.87. The van der Waals surface area contributed by atoms with E-state index in [-0.39, 0.29) is 6.61 Å². The topological polar surface area (TPSA) is 84.6 Å². The molecule has 0 radical (unpaired) electrons. The van der Waals surface area contributed by atoms with Crippen molar-refractivity contribution in [2.24, 2.45) is 0 Å². The predicted octanol–water partition coefficient (Wildman–Crippen LogP) is 2.65. The molecule has 0 amide bonds. The third-order valence-electron chi connectivity index (χ3n) is 3.19. The smallest absolute Gasteiger partial charge is 0.140 e. The number of hydrogen-bond acceptors (Lipinski definition) is 6. The van der Waals surface area contributed by atoms with Crippen LogP contribution in [0.25, 0.3) is 0 Å². The summed E-state index contributed by atoms with van der Waals surface area (Å²) in [6.45, 7) is 5.32. The van der Waals surface area contributed by atoms with Crippen LogP contribution < -0.4 is 9.47 Å². The van der Waals surface area contributed by atoms with Crippen LogP contribution in [0.5, 0.6) is 11.5 Å². The van der Waals surface area contributed by atoms with Gasteiger partial charge < -0.3 is 19.3 Å². The second-order valence-corrected chi connectivity index (χ2v) is 5.15. The summed E-state index contributed by atoms with van der Waals surface area (Å²) in [5.41, 5.74) is 2.66. The van der Waals surface area contributed by atoms with Crippen molar-refractivity contribution in [1.29, 1.82) is 5.26 Å². The van der Waals surface area contributed by atoms with Gasteiger partial charge in [0.25, 0.3) is 0 Å². The monoisotopic (exact) mass is 344 g/mol. The molecule has 0 saturated carbocycles. The lowest BCUT2D eigenvalue weighted by atomic mass is 10.1. The van der Waals surface area contributed by atoms with Crippen LogP contribution in [0.1, 0.15) is 16.7 Å². The molecule has 0 aliphatic heterocycles. The molecule has 0 spiro atoms. The molecular weight excluding hydrogens is 320 g/mol. The number of hydrogen-bond donors (Lipinski definition) is 1. The number of rotatable bonds is 7. The number of aromatic nitrogens is 1. The molecule has 0 fully saturated rings. The van der Waals surface area contributed by atoms with E-state index in [1.54, 1.807) is 25.6 Å². The van der Waals surface area contributed by atoms with E-state index >= 15 is 0 Å². The summed E-state index contributed by atoms with van der Waals surface area (Å²) in [5.74, 6) is 1.54. The van der Waals surface area contributed by atoms with E-state index in [9.17, 15) is 0 Å². The Balaban J connectivity index is 0.000000257. The van der Waals surface area contributed by atoms with E-state index in [2.05, 4.69) is 11.1 Å². The Morgan fingerprint density at radius 1 is 1.04 bits per heavy atom. The summed E-state index contributed by atoms with van der Waals surface area (Å²) in [6.07, 6.45) is 3.35. The Labute approximate surface area is 148 Å². The maximum absolute atomic E-state index is 8.66. The van der Waals surface area contributed by atoms with Crippen LogP contribution in [-0.4, -0.2) is 43.6 Å². The Morgan fingerprint density at radius 3 is 2.40 bits per heavy atom. The molecule has 2 rings (SSSR count). The van der Waals surface area contributed by atoms with Gasteiger partial charge in [-0.15, -0.1) is 0 Å². The fourth-order valence-electron chi connectivity index (χ4n) is 1.87. The first-order chi connectivity index (χ1) is 12.1. The minimum absolute atomic E-state index is 0.0360. The zero-order valence-electron chi connectivity index (χ0n) is 14.9. The van der Waals surface area contributed by atoms with E-state index in [0.717, 1.165) is 22.6 Å². The number of aryl methyl sites for hydroxylation is 2. The van der Waals surface area contributed by atoms with Gasteiger partial charge in [-0.2, -0.15) is 5.26 Å². The van der Waals surface area contributed by atoms with E-state index in [1.807, 2.05) is 32.0 Å². The number of pyridine rings is 1. The highest BCUT2D eigenvalue weighted by atomic mass is 16.5. The van der Waals surface area contributed by atoms with Crippen molar-refractivity contribution >= 4 is 0 Å². The van der Waals surface area contributed by atoms with Crippen LogP contribution in [0.2, 0.25) is 0 Å². The standard InChI is InChI=1S/C11H13NO2.C8H11NO2/c1-9-7-10(8-12)3-4-11(9)14-6-5-13-2;1-7-2-3-9-6-8(7)11-5-4-10/h3-4,7H,5-6H2,1-2H3;2-3,6,10H,4-5H2,1H3. The van der Waals surface area contributed by atoms with Crippen LogP contribution in [0.4, 0.5) is 0 Å². The van der Waals surface area contributed by atoms with Crippen molar-refractivity contribution in [3.63, 3.8) is 0 Å². The number of benzene rings is 1. The molecule has 0 atom stereocenters. The third kappa shape index (κ3) is 7.66. The van der Waals surface area contributed by atoms with Gasteiger partial charge >= 0.3 is 0 Å². The highest BCUT2D eigenvalue weighted by molar-refractivity contribution is 5.41. The van der Waals surface area contributed by atoms with Gasteiger partial charge in [-0.1, -0.05) is 0 Å². The maximum Gasteiger partial charge on any atom is 0.140 e. The molecule has 0 aliphatic rings. The summed E-state index contributed by atoms with van der Waals surface area (Å²) < 4.78 is 15.5. The molecule has 25 heavy (non-hydrogen) atoms. The van der Waals surface area contributed by atoms with Crippen LogP contribution in [-0.2, 0) is 4.74 Å². The Hall–Kier alpha value is -2.62. The Kier molecular flexibility index (Phi) is 9.68. The molecule has 1 heterocycles. The van der Waals surface area contributed by atoms with E-state index in [0.29, 0.717) is 25.4 Å². The van der Waals surface area contributed by atoms with Crippen molar-refractivity contribution in [2.75, 3.05) is 33.5 Å². The summed E-state index contributed by atoms with van der Waals surface area (Å²) >= 11 is 0. The van der Waals surface area contributed by atoms with Gasteiger partial charge in [0.1, 0.15) is 24.7 Å². The van der Waals surface area contributed by atoms with Gasteiger partial charge in [-0.05, 0) is 49.2 Å². The lowest BCUT2D eigenvalue weighted by molar-refractivity contribution is 0.146. The molecular formula is C19H24N2O4. The largest absolute Gasteiger partial charge is 0.491 e. The van der Waals surface area contributed by atoms with Gasteiger partial charge in [-0.25, -0.2) is 0 Å². The number of nitrogens with zero attached hydrogens (tertiary/aromatic N) is 2. The van der Waals surface area contributed by atoms with Crippen molar-refractivity contribution in [1.82, 2.24) is 4.98 Å². The zero-order chi connectivity index (χ0) is 18.5. The fraction of sp³-hybridized carbons (Fsp3) is 0.368. The lowest BCUT2D eigenvalue weighted by Crippen LogP contribution is -2.05. The molecule has 1 aromatic carbocycles. The van der Waals surface area contributed by atoms with Crippen molar-refractivity contribution in [2.45, 2.75) is 13.8 Å². The SMILES string of the molecule is COCCOc1ccc(C#N)cc1C.Cc1ccncc1OCCO. The first kappa shape index (κ1) is 20.4. The summed E-state index contributed by atoms with van der Waals surface area (Å²) in [5, 5.41) is 17.1. The Bertz CT molecular complexity index is 683. The number of aliphatic hydroxyl groups is 1. The molecule has 6 nitrogen and oxygen atoms in total. The molecule has 0 bridgehead atoms. The minimum Gasteiger partial charge on any atom is -0.491 e. The number of ether oxygens (including phenoxy) is 3. The first-order valence-electron chi connectivity index (χ1n) is 7.89. The molecule has 2 aromatic rings. The average molecular weight is 344 g/mol. The van der Waals surface area contributed by atoms with Crippen molar-refractivity contribution in [3.05, 3.63) is 53.3 Å². The van der Waals surface area contributed by atoms with Crippen molar-refractivity contribution < 1.29 is 19.3 Å². The zero-order valence-corrected chi connectivity index (χ0v) is 14.9.